The number of alkyl halides is 3. The Bertz CT molecular complexity index is 673. The van der Waals surface area contributed by atoms with Gasteiger partial charge in [0.15, 0.2) is 5.13 Å². The third-order valence-electron chi connectivity index (χ3n) is 2.41. The van der Waals surface area contributed by atoms with Crippen molar-refractivity contribution >= 4 is 39.7 Å². The summed E-state index contributed by atoms with van der Waals surface area (Å²) in [5, 5.41) is 12.8. The van der Waals surface area contributed by atoms with E-state index in [1.807, 2.05) is 0 Å². The average molecular weight is 337 g/mol. The molecule has 2 rings (SSSR count). The highest BCUT2D eigenvalue weighted by molar-refractivity contribution is 7.13. The zero-order chi connectivity index (χ0) is 15.6. The molecule has 0 amide bonds. The van der Waals surface area contributed by atoms with Crippen LogP contribution in [0, 0.1) is 0 Å². The van der Waals surface area contributed by atoms with Gasteiger partial charge in [-0.05, 0) is 18.2 Å². The van der Waals surface area contributed by atoms with Gasteiger partial charge in [0.05, 0.1) is 23.4 Å². The number of hydrogen-bond donors (Lipinski definition) is 2. The second-order valence-corrected chi connectivity index (χ2v) is 5.32. The summed E-state index contributed by atoms with van der Waals surface area (Å²) in [7, 11) is 0. The second kappa shape index (κ2) is 5.90. The molecule has 9 heteroatoms. The number of thiazole rings is 1. The molecule has 0 aliphatic carbocycles. The molecule has 0 bridgehead atoms. The van der Waals surface area contributed by atoms with Gasteiger partial charge in [-0.15, -0.1) is 11.3 Å². The highest BCUT2D eigenvalue weighted by atomic mass is 35.5. The molecule has 0 spiro atoms. The third kappa shape index (κ3) is 4.08. The Morgan fingerprint density at radius 1 is 1.43 bits per heavy atom. The highest BCUT2D eigenvalue weighted by Crippen LogP contribution is 2.38. The summed E-state index contributed by atoms with van der Waals surface area (Å²) in [5.74, 6) is -1.06. The molecule has 0 atom stereocenters. The molecule has 0 saturated carbocycles. The first kappa shape index (κ1) is 15.6. The number of nitrogens with zero attached hydrogens (tertiary/aromatic N) is 1. The number of carboxylic acid groups (broad SMARTS) is 1. The Morgan fingerprint density at radius 2 is 2.14 bits per heavy atom. The quantitative estimate of drug-likeness (QED) is 0.879. The maximum Gasteiger partial charge on any atom is 0.418 e. The van der Waals surface area contributed by atoms with Crippen LogP contribution in [-0.4, -0.2) is 16.1 Å². The fraction of sp³-hybridized carbons (Fsp3) is 0.167. The fourth-order valence-corrected chi connectivity index (χ4v) is 2.47. The van der Waals surface area contributed by atoms with Gasteiger partial charge in [-0.1, -0.05) is 11.6 Å². The Morgan fingerprint density at radius 3 is 2.76 bits per heavy atom. The van der Waals surface area contributed by atoms with Crippen LogP contribution in [0.4, 0.5) is 24.0 Å². The van der Waals surface area contributed by atoms with Crippen molar-refractivity contribution in [2.24, 2.45) is 0 Å². The molecule has 1 aromatic heterocycles. The minimum absolute atomic E-state index is 0.0291. The fourth-order valence-electron chi connectivity index (χ4n) is 1.58. The Labute approximate surface area is 126 Å². The summed E-state index contributed by atoms with van der Waals surface area (Å²) >= 11 is 6.61. The number of anilines is 2. The smallest absolute Gasteiger partial charge is 0.418 e. The lowest BCUT2D eigenvalue weighted by Crippen LogP contribution is -2.09. The van der Waals surface area contributed by atoms with E-state index in [9.17, 15) is 18.0 Å². The normalized spacial score (nSPS) is 11.4. The molecular weight excluding hydrogens is 329 g/mol. The summed E-state index contributed by atoms with van der Waals surface area (Å²) in [6.45, 7) is 0. The van der Waals surface area contributed by atoms with E-state index >= 15 is 0 Å². The maximum atomic E-state index is 12.9. The molecule has 0 aliphatic rings. The zero-order valence-corrected chi connectivity index (χ0v) is 11.8. The minimum Gasteiger partial charge on any atom is -0.481 e. The Kier molecular flexibility index (Phi) is 4.38. The van der Waals surface area contributed by atoms with Gasteiger partial charge in [0.1, 0.15) is 0 Å². The summed E-state index contributed by atoms with van der Waals surface area (Å²) < 4.78 is 38.7. The molecule has 112 valence electrons. The van der Waals surface area contributed by atoms with Crippen molar-refractivity contribution in [1.82, 2.24) is 4.98 Å². The van der Waals surface area contributed by atoms with Crippen molar-refractivity contribution < 1.29 is 23.1 Å². The van der Waals surface area contributed by atoms with Crippen LogP contribution >= 0.6 is 22.9 Å². The number of carboxylic acids is 1. The monoisotopic (exact) mass is 336 g/mol. The van der Waals surface area contributed by atoms with E-state index in [1.165, 1.54) is 17.5 Å². The van der Waals surface area contributed by atoms with E-state index < -0.39 is 17.7 Å². The van der Waals surface area contributed by atoms with Gasteiger partial charge in [-0.2, -0.15) is 13.2 Å². The highest BCUT2D eigenvalue weighted by Gasteiger charge is 2.34. The van der Waals surface area contributed by atoms with E-state index in [4.69, 9.17) is 16.7 Å². The van der Waals surface area contributed by atoms with Gasteiger partial charge in [-0.25, -0.2) is 4.98 Å². The molecule has 2 aromatic rings. The van der Waals surface area contributed by atoms with Crippen molar-refractivity contribution in [1.29, 1.82) is 0 Å². The first-order valence-electron chi connectivity index (χ1n) is 5.55. The van der Waals surface area contributed by atoms with Gasteiger partial charge < -0.3 is 10.4 Å². The second-order valence-electron chi connectivity index (χ2n) is 4.03. The summed E-state index contributed by atoms with van der Waals surface area (Å²) in [4.78, 5) is 14.5. The van der Waals surface area contributed by atoms with Gasteiger partial charge in [0.2, 0.25) is 0 Å². The molecule has 2 N–H and O–H groups in total. The number of halogens is 4. The Hall–Kier alpha value is -1.80. The number of hydrogen-bond acceptors (Lipinski definition) is 4. The van der Waals surface area contributed by atoms with Gasteiger partial charge >= 0.3 is 12.1 Å². The van der Waals surface area contributed by atoms with Crippen LogP contribution in [0.5, 0.6) is 0 Å². The molecule has 1 aromatic carbocycles. The topological polar surface area (TPSA) is 62.2 Å². The molecule has 0 fully saturated rings. The molecular formula is C12H8ClF3N2O2S. The summed E-state index contributed by atoms with van der Waals surface area (Å²) in [6, 6.07) is 3.34. The molecule has 21 heavy (non-hydrogen) atoms. The number of aliphatic carboxylic acids is 1. The third-order valence-corrected chi connectivity index (χ3v) is 3.45. The standard InChI is InChI=1S/C12H8ClF3N2O2S/c13-6-1-2-9(8(3-6)12(14,15)16)18-11-17-7(5-21-11)4-10(19)20/h1-3,5H,4H2,(H,17,18)(H,19,20). The van der Waals surface area contributed by atoms with Crippen LogP contribution in [0.3, 0.4) is 0 Å². The van der Waals surface area contributed by atoms with Crippen LogP contribution in [0.1, 0.15) is 11.3 Å². The SMILES string of the molecule is O=C(O)Cc1csc(Nc2ccc(Cl)cc2C(F)(F)F)n1. The van der Waals surface area contributed by atoms with Crippen LogP contribution in [-0.2, 0) is 17.4 Å². The van der Waals surface area contributed by atoms with E-state index in [2.05, 4.69) is 10.3 Å². The van der Waals surface area contributed by atoms with Crippen molar-refractivity contribution in [3.8, 4) is 0 Å². The lowest BCUT2D eigenvalue weighted by molar-refractivity contribution is -0.137. The van der Waals surface area contributed by atoms with Crippen molar-refractivity contribution in [2.75, 3.05) is 5.32 Å². The number of benzene rings is 1. The predicted octanol–water partition coefficient (Wildman–Crippen LogP) is 4.19. The molecule has 0 saturated heterocycles. The van der Waals surface area contributed by atoms with Gasteiger partial charge in [0.25, 0.3) is 0 Å². The maximum absolute atomic E-state index is 12.9. The molecule has 1 heterocycles. The number of nitrogens with one attached hydrogen (secondary N) is 1. The first-order valence-corrected chi connectivity index (χ1v) is 6.81. The molecule has 0 aliphatic heterocycles. The van der Waals surface area contributed by atoms with Gasteiger partial charge in [-0.3, -0.25) is 4.79 Å². The van der Waals surface area contributed by atoms with Crippen molar-refractivity contribution in [2.45, 2.75) is 12.6 Å². The van der Waals surface area contributed by atoms with Crippen LogP contribution in [0.25, 0.3) is 0 Å². The summed E-state index contributed by atoms with van der Waals surface area (Å²) in [5.41, 5.74) is -0.828. The molecule has 0 unspecified atom stereocenters. The number of rotatable bonds is 4. The van der Waals surface area contributed by atoms with Crippen LogP contribution in [0.2, 0.25) is 5.02 Å². The van der Waals surface area contributed by atoms with Crippen LogP contribution in [0.15, 0.2) is 23.6 Å². The van der Waals surface area contributed by atoms with E-state index in [0.717, 1.165) is 17.4 Å². The number of carbonyl (C=O) groups is 1. The summed E-state index contributed by atoms with van der Waals surface area (Å²) in [6.07, 6.45) is -4.85. The first-order chi connectivity index (χ1) is 9.75. The van der Waals surface area contributed by atoms with Crippen molar-refractivity contribution in [3.63, 3.8) is 0 Å². The lowest BCUT2D eigenvalue weighted by atomic mass is 10.1. The van der Waals surface area contributed by atoms with E-state index in [1.54, 1.807) is 0 Å². The largest absolute Gasteiger partial charge is 0.481 e. The Balaban J connectivity index is 2.27. The minimum atomic E-state index is -4.56. The van der Waals surface area contributed by atoms with Gasteiger partial charge in [0, 0.05) is 10.4 Å². The predicted molar refractivity (Wildman–Crippen MR) is 73.2 cm³/mol. The molecule has 4 nitrogen and oxygen atoms in total. The number of aromatic nitrogens is 1. The molecule has 0 radical (unpaired) electrons. The van der Waals surface area contributed by atoms with Crippen molar-refractivity contribution in [3.05, 3.63) is 39.9 Å². The lowest BCUT2D eigenvalue weighted by Gasteiger charge is -2.13. The zero-order valence-electron chi connectivity index (χ0n) is 10.2. The van der Waals surface area contributed by atoms with Crippen LogP contribution < -0.4 is 5.32 Å². The average Bonchev–Trinajstić information content (AvgIpc) is 2.76. The van der Waals surface area contributed by atoms with E-state index in [-0.39, 0.29) is 28.0 Å². The van der Waals surface area contributed by atoms with E-state index in [0.29, 0.717) is 0 Å².